The van der Waals surface area contributed by atoms with Crippen molar-refractivity contribution in [1.29, 1.82) is 0 Å². The number of halogens is 3. The van der Waals surface area contributed by atoms with Crippen molar-refractivity contribution in [3.8, 4) is 0 Å². The molecule has 0 spiro atoms. The molecule has 0 unspecified atom stereocenters. The summed E-state index contributed by atoms with van der Waals surface area (Å²) in [5, 5.41) is 2.61. The highest BCUT2D eigenvalue weighted by molar-refractivity contribution is 6.05. The molecule has 1 heterocycles. The van der Waals surface area contributed by atoms with E-state index < -0.39 is 17.6 Å². The summed E-state index contributed by atoms with van der Waals surface area (Å²) in [4.78, 5) is 14.3. The van der Waals surface area contributed by atoms with Gasteiger partial charge < -0.3 is 20.7 Å². The van der Waals surface area contributed by atoms with Crippen molar-refractivity contribution < 1.29 is 22.7 Å². The smallest absolute Gasteiger partial charge is 0.398 e. The average Bonchev–Trinajstić information content (AvgIpc) is 2.64. The maximum atomic E-state index is 13.3. The molecule has 3 rings (SSSR count). The number of nitrogens with two attached hydrogens (primary N) is 1. The van der Waals surface area contributed by atoms with Gasteiger partial charge in [0.2, 0.25) is 0 Å². The summed E-state index contributed by atoms with van der Waals surface area (Å²) in [6.07, 6.45) is -4.55. The number of carbonyl (C=O) groups excluding carboxylic acids is 1. The second kappa shape index (κ2) is 7.48. The van der Waals surface area contributed by atoms with Gasteiger partial charge in [-0.25, -0.2) is 0 Å². The highest BCUT2D eigenvalue weighted by atomic mass is 19.4. The van der Waals surface area contributed by atoms with E-state index in [4.69, 9.17) is 10.5 Å². The molecule has 2 aromatic carbocycles. The van der Waals surface area contributed by atoms with Gasteiger partial charge in [0, 0.05) is 35.7 Å². The fourth-order valence-corrected chi connectivity index (χ4v) is 2.83. The Balaban J connectivity index is 1.92. The van der Waals surface area contributed by atoms with Crippen LogP contribution in [0.4, 0.5) is 30.2 Å². The quantitative estimate of drug-likeness (QED) is 0.799. The third-order valence-corrected chi connectivity index (χ3v) is 4.42. The molecule has 1 aliphatic rings. The van der Waals surface area contributed by atoms with Crippen LogP contribution in [0, 0.1) is 6.92 Å². The summed E-state index contributed by atoms with van der Waals surface area (Å²) in [5.41, 5.74) is 7.01. The van der Waals surface area contributed by atoms with E-state index in [0.717, 1.165) is 17.7 Å². The summed E-state index contributed by atoms with van der Waals surface area (Å²) < 4.78 is 45.2. The van der Waals surface area contributed by atoms with Crippen LogP contribution >= 0.6 is 0 Å². The molecule has 5 nitrogen and oxygen atoms in total. The Hall–Kier alpha value is -2.74. The van der Waals surface area contributed by atoms with Gasteiger partial charge >= 0.3 is 6.18 Å². The highest BCUT2D eigenvalue weighted by Crippen LogP contribution is 2.33. The van der Waals surface area contributed by atoms with E-state index in [1.807, 2.05) is 6.92 Å². The van der Waals surface area contributed by atoms with Crippen LogP contribution in [0.2, 0.25) is 0 Å². The number of aryl methyl sites for hydroxylation is 1. The Morgan fingerprint density at radius 2 is 1.85 bits per heavy atom. The lowest BCUT2D eigenvalue weighted by Crippen LogP contribution is -2.36. The molecule has 0 atom stereocenters. The number of rotatable bonds is 3. The fraction of sp³-hybridized carbons (Fsp3) is 0.316. The largest absolute Gasteiger partial charge is 0.416 e. The molecule has 1 aliphatic heterocycles. The van der Waals surface area contributed by atoms with Gasteiger partial charge in [-0.05, 0) is 42.8 Å². The zero-order valence-corrected chi connectivity index (χ0v) is 14.8. The number of anilines is 3. The summed E-state index contributed by atoms with van der Waals surface area (Å²) in [7, 11) is 0. The lowest BCUT2D eigenvalue weighted by molar-refractivity contribution is -0.137. The first-order chi connectivity index (χ1) is 12.7. The number of hydrogen-bond acceptors (Lipinski definition) is 4. The van der Waals surface area contributed by atoms with Crippen molar-refractivity contribution in [2.24, 2.45) is 0 Å². The van der Waals surface area contributed by atoms with Gasteiger partial charge in [0.15, 0.2) is 0 Å². The molecule has 1 saturated heterocycles. The van der Waals surface area contributed by atoms with Crippen molar-refractivity contribution in [3.05, 3.63) is 53.1 Å². The fourth-order valence-electron chi connectivity index (χ4n) is 2.83. The van der Waals surface area contributed by atoms with Gasteiger partial charge in [0.25, 0.3) is 5.91 Å². The summed E-state index contributed by atoms with van der Waals surface area (Å²) >= 11 is 0. The van der Waals surface area contributed by atoms with E-state index in [1.54, 1.807) is 23.1 Å². The van der Waals surface area contributed by atoms with Gasteiger partial charge in [-0.2, -0.15) is 13.2 Å². The predicted octanol–water partition coefficient (Wildman–Crippen LogP) is 3.68. The number of nitrogen functional groups attached to an aromatic ring is 1. The first-order valence-corrected chi connectivity index (χ1v) is 8.46. The Morgan fingerprint density at radius 1 is 1.15 bits per heavy atom. The van der Waals surface area contributed by atoms with Crippen molar-refractivity contribution in [2.75, 3.05) is 42.3 Å². The second-order valence-electron chi connectivity index (χ2n) is 6.39. The minimum atomic E-state index is -4.55. The molecule has 0 saturated carbocycles. The molecule has 0 bridgehead atoms. The third-order valence-electron chi connectivity index (χ3n) is 4.42. The minimum absolute atomic E-state index is 0.0644. The van der Waals surface area contributed by atoms with Gasteiger partial charge in [-0.15, -0.1) is 0 Å². The number of amides is 1. The second-order valence-corrected chi connectivity index (χ2v) is 6.39. The van der Waals surface area contributed by atoms with Gasteiger partial charge in [0.1, 0.15) is 0 Å². The SMILES string of the molecule is Cc1ccc(NC(=O)c2cc(N3CCOCC3)cc(C(F)(F)F)c2)cc1N. The van der Waals surface area contributed by atoms with Crippen molar-refractivity contribution in [2.45, 2.75) is 13.1 Å². The molecule has 8 heteroatoms. The number of nitrogens with zero attached hydrogens (tertiary/aromatic N) is 1. The summed E-state index contributed by atoms with van der Waals surface area (Å²) in [6, 6.07) is 8.34. The van der Waals surface area contributed by atoms with Gasteiger partial charge in [-0.3, -0.25) is 4.79 Å². The number of ether oxygens (including phenoxy) is 1. The molecule has 144 valence electrons. The molecule has 0 aromatic heterocycles. The zero-order chi connectivity index (χ0) is 19.6. The summed E-state index contributed by atoms with van der Waals surface area (Å²) in [6.45, 7) is 3.62. The average molecular weight is 379 g/mol. The Labute approximate surface area is 154 Å². The van der Waals surface area contributed by atoms with E-state index in [0.29, 0.717) is 43.4 Å². The topological polar surface area (TPSA) is 67.6 Å². The van der Waals surface area contributed by atoms with E-state index >= 15 is 0 Å². The van der Waals surface area contributed by atoms with E-state index in [2.05, 4.69) is 5.32 Å². The molecular formula is C19H20F3N3O2. The van der Waals surface area contributed by atoms with Crippen LogP contribution in [0.1, 0.15) is 21.5 Å². The first-order valence-electron chi connectivity index (χ1n) is 8.46. The highest BCUT2D eigenvalue weighted by Gasteiger charge is 2.32. The van der Waals surface area contributed by atoms with Crippen molar-refractivity contribution in [3.63, 3.8) is 0 Å². The van der Waals surface area contributed by atoms with Crippen LogP contribution in [-0.2, 0) is 10.9 Å². The van der Waals surface area contributed by atoms with Crippen molar-refractivity contribution in [1.82, 2.24) is 0 Å². The number of nitrogens with one attached hydrogen (secondary N) is 1. The molecule has 27 heavy (non-hydrogen) atoms. The third kappa shape index (κ3) is 4.51. The number of hydrogen-bond donors (Lipinski definition) is 2. The predicted molar refractivity (Wildman–Crippen MR) is 98.0 cm³/mol. The van der Waals surface area contributed by atoms with E-state index in [1.165, 1.54) is 6.07 Å². The maximum Gasteiger partial charge on any atom is 0.416 e. The number of morpholine rings is 1. The lowest BCUT2D eigenvalue weighted by atomic mass is 10.1. The van der Waals surface area contributed by atoms with Crippen LogP contribution in [0.25, 0.3) is 0 Å². The van der Waals surface area contributed by atoms with E-state index in [-0.39, 0.29) is 5.56 Å². The van der Waals surface area contributed by atoms with Gasteiger partial charge in [-0.1, -0.05) is 6.07 Å². The Morgan fingerprint density at radius 3 is 2.48 bits per heavy atom. The van der Waals surface area contributed by atoms with Crippen LogP contribution in [-0.4, -0.2) is 32.2 Å². The number of carbonyl (C=O) groups is 1. The molecule has 2 aromatic rings. The monoisotopic (exact) mass is 379 g/mol. The van der Waals surface area contributed by atoms with Crippen LogP contribution in [0.3, 0.4) is 0 Å². The zero-order valence-electron chi connectivity index (χ0n) is 14.8. The normalized spacial score (nSPS) is 14.9. The molecule has 3 N–H and O–H groups in total. The van der Waals surface area contributed by atoms with Crippen molar-refractivity contribution >= 4 is 23.0 Å². The molecule has 1 amide bonds. The minimum Gasteiger partial charge on any atom is -0.398 e. The molecule has 0 aliphatic carbocycles. The van der Waals surface area contributed by atoms with Crippen LogP contribution in [0.5, 0.6) is 0 Å². The first kappa shape index (κ1) is 19.0. The van der Waals surface area contributed by atoms with Crippen LogP contribution in [0.15, 0.2) is 36.4 Å². The Kier molecular flexibility index (Phi) is 5.27. The number of alkyl halides is 3. The molecule has 1 fully saturated rings. The standard InChI is InChI=1S/C19H20F3N3O2/c1-12-2-3-15(11-17(12)23)24-18(26)13-8-14(19(20,21)22)10-16(9-13)25-4-6-27-7-5-25/h2-3,8-11H,4-7,23H2,1H3,(H,24,26). The Bertz CT molecular complexity index is 847. The lowest BCUT2D eigenvalue weighted by Gasteiger charge is -2.29. The molecule has 0 radical (unpaired) electrons. The maximum absolute atomic E-state index is 13.3. The molecular weight excluding hydrogens is 359 g/mol. The van der Waals surface area contributed by atoms with Gasteiger partial charge in [0.05, 0.1) is 18.8 Å². The van der Waals surface area contributed by atoms with E-state index in [9.17, 15) is 18.0 Å². The van der Waals surface area contributed by atoms with Crippen LogP contribution < -0.4 is 16.0 Å². The summed E-state index contributed by atoms with van der Waals surface area (Å²) in [5.74, 6) is -0.626. The number of benzene rings is 2.